The van der Waals surface area contributed by atoms with Crippen LogP contribution in [0.25, 0.3) is 22.2 Å². The Bertz CT molecular complexity index is 823. The molecule has 2 aromatic carbocycles. The number of aliphatic hydroxyl groups excluding tert-OH is 1. The van der Waals surface area contributed by atoms with E-state index in [1.807, 2.05) is 18.2 Å². The molecule has 0 bridgehead atoms. The van der Waals surface area contributed by atoms with Gasteiger partial charge in [0, 0.05) is 27.4 Å². The topological polar surface area (TPSA) is 33.1 Å². The van der Waals surface area contributed by atoms with Gasteiger partial charge >= 0.3 is 0 Å². The zero-order valence-corrected chi connectivity index (χ0v) is 13.8. The molecular formula is C17H12BrClFNO. The molecule has 1 atom stereocenters. The Morgan fingerprint density at radius 1 is 1.14 bits per heavy atom. The molecule has 0 unspecified atom stereocenters. The average Bonchev–Trinajstić information content (AvgIpc) is 2.53. The lowest BCUT2D eigenvalue weighted by atomic mass is 10.0. The van der Waals surface area contributed by atoms with Gasteiger partial charge < -0.3 is 5.11 Å². The first-order valence-electron chi connectivity index (χ1n) is 6.68. The van der Waals surface area contributed by atoms with E-state index in [1.165, 1.54) is 12.1 Å². The maximum atomic E-state index is 13.5. The number of rotatable bonds is 3. The second-order valence-corrected chi connectivity index (χ2v) is 6.02. The normalized spacial score (nSPS) is 12.5. The summed E-state index contributed by atoms with van der Waals surface area (Å²) < 4.78 is 13.5. The van der Waals surface area contributed by atoms with Gasteiger partial charge in [-0.05, 0) is 35.9 Å². The number of hydrogen-bond donors (Lipinski definition) is 1. The molecule has 0 aliphatic heterocycles. The van der Waals surface area contributed by atoms with Crippen molar-refractivity contribution in [2.24, 2.45) is 0 Å². The van der Waals surface area contributed by atoms with Gasteiger partial charge in [-0.2, -0.15) is 0 Å². The van der Waals surface area contributed by atoms with Crippen molar-refractivity contribution in [3.8, 4) is 11.3 Å². The first-order chi connectivity index (χ1) is 10.6. The lowest BCUT2D eigenvalue weighted by Crippen LogP contribution is -2.01. The van der Waals surface area contributed by atoms with Crippen molar-refractivity contribution in [3.05, 3.63) is 64.9 Å². The molecule has 1 aromatic heterocycles. The Labute approximate surface area is 140 Å². The number of halogens is 3. The summed E-state index contributed by atoms with van der Waals surface area (Å²) in [4.78, 5) is 4.50. The van der Waals surface area contributed by atoms with E-state index in [0.717, 1.165) is 10.9 Å². The number of alkyl halides is 1. The van der Waals surface area contributed by atoms with Crippen LogP contribution in [0.5, 0.6) is 0 Å². The van der Waals surface area contributed by atoms with Crippen molar-refractivity contribution in [1.82, 2.24) is 4.98 Å². The van der Waals surface area contributed by atoms with Crippen LogP contribution in [0.3, 0.4) is 0 Å². The maximum Gasteiger partial charge on any atom is 0.125 e. The first-order valence-corrected chi connectivity index (χ1v) is 8.18. The zero-order chi connectivity index (χ0) is 15.7. The van der Waals surface area contributed by atoms with Crippen LogP contribution in [0.4, 0.5) is 4.39 Å². The molecule has 112 valence electrons. The monoisotopic (exact) mass is 379 g/mol. The van der Waals surface area contributed by atoms with E-state index >= 15 is 0 Å². The molecule has 1 N–H and O–H groups in total. The molecule has 0 aliphatic rings. The van der Waals surface area contributed by atoms with Crippen LogP contribution in [0.15, 0.2) is 48.5 Å². The van der Waals surface area contributed by atoms with Gasteiger partial charge in [0.2, 0.25) is 0 Å². The SMILES string of the molecule is O[C@@H](CBr)c1cc(-c2ccc(Cl)cc2)nc2cc(F)ccc12. The minimum Gasteiger partial charge on any atom is -0.388 e. The van der Waals surface area contributed by atoms with Crippen LogP contribution >= 0.6 is 27.5 Å². The molecule has 1 heterocycles. The average molecular weight is 381 g/mol. The van der Waals surface area contributed by atoms with Crippen molar-refractivity contribution < 1.29 is 9.50 Å². The van der Waals surface area contributed by atoms with E-state index in [-0.39, 0.29) is 5.82 Å². The molecule has 0 fully saturated rings. The number of benzene rings is 2. The number of hydrogen-bond acceptors (Lipinski definition) is 2. The Kier molecular flexibility index (Phi) is 4.43. The number of aliphatic hydroxyl groups is 1. The number of pyridine rings is 1. The highest BCUT2D eigenvalue weighted by Gasteiger charge is 2.14. The third-order valence-corrected chi connectivity index (χ3v) is 4.31. The van der Waals surface area contributed by atoms with Gasteiger partial charge in [0.15, 0.2) is 0 Å². The fourth-order valence-corrected chi connectivity index (χ4v) is 2.83. The third-order valence-electron chi connectivity index (χ3n) is 3.45. The highest BCUT2D eigenvalue weighted by atomic mass is 79.9. The van der Waals surface area contributed by atoms with Gasteiger partial charge in [0.25, 0.3) is 0 Å². The summed E-state index contributed by atoms with van der Waals surface area (Å²) in [6.45, 7) is 0. The highest BCUT2D eigenvalue weighted by molar-refractivity contribution is 9.09. The Balaban J connectivity index is 2.25. The molecule has 3 aromatic rings. The van der Waals surface area contributed by atoms with Crippen molar-refractivity contribution in [1.29, 1.82) is 0 Å². The molecular weight excluding hydrogens is 369 g/mol. The van der Waals surface area contributed by atoms with Crippen molar-refractivity contribution in [2.75, 3.05) is 5.33 Å². The molecule has 5 heteroatoms. The second kappa shape index (κ2) is 6.32. The molecule has 0 spiro atoms. The summed E-state index contributed by atoms with van der Waals surface area (Å²) >= 11 is 9.18. The summed E-state index contributed by atoms with van der Waals surface area (Å²) in [7, 11) is 0. The smallest absolute Gasteiger partial charge is 0.125 e. The number of nitrogens with zero attached hydrogens (tertiary/aromatic N) is 1. The fourth-order valence-electron chi connectivity index (χ4n) is 2.36. The van der Waals surface area contributed by atoms with Gasteiger partial charge in [-0.1, -0.05) is 39.7 Å². The van der Waals surface area contributed by atoms with Crippen LogP contribution in [0.2, 0.25) is 5.02 Å². The maximum absolute atomic E-state index is 13.5. The molecule has 22 heavy (non-hydrogen) atoms. The first kappa shape index (κ1) is 15.4. The minimum atomic E-state index is -0.693. The third kappa shape index (κ3) is 3.00. The molecule has 0 radical (unpaired) electrons. The lowest BCUT2D eigenvalue weighted by Gasteiger charge is -2.13. The molecule has 0 saturated carbocycles. The lowest BCUT2D eigenvalue weighted by molar-refractivity contribution is 0.207. The largest absolute Gasteiger partial charge is 0.388 e. The molecule has 0 amide bonds. The summed E-state index contributed by atoms with van der Waals surface area (Å²) in [5.41, 5.74) is 2.76. The van der Waals surface area contributed by atoms with Crippen LogP contribution < -0.4 is 0 Å². The van der Waals surface area contributed by atoms with Gasteiger partial charge in [0.1, 0.15) is 5.82 Å². The van der Waals surface area contributed by atoms with Gasteiger partial charge in [-0.3, -0.25) is 0 Å². The Morgan fingerprint density at radius 2 is 1.86 bits per heavy atom. The van der Waals surface area contributed by atoms with Gasteiger partial charge in [0.05, 0.1) is 17.3 Å². The summed E-state index contributed by atoms with van der Waals surface area (Å²) in [6.07, 6.45) is -0.693. The van der Waals surface area contributed by atoms with Crippen LogP contribution in [0.1, 0.15) is 11.7 Å². The predicted octanol–water partition coefficient (Wildman–Crippen LogP) is 5.12. The number of aromatic nitrogens is 1. The van der Waals surface area contributed by atoms with E-state index in [2.05, 4.69) is 20.9 Å². The zero-order valence-electron chi connectivity index (χ0n) is 11.4. The molecule has 0 aliphatic carbocycles. The van der Waals surface area contributed by atoms with E-state index in [1.54, 1.807) is 18.2 Å². The van der Waals surface area contributed by atoms with E-state index in [4.69, 9.17) is 11.6 Å². The molecule has 0 saturated heterocycles. The standard InChI is InChI=1S/C17H12BrClFNO/c18-9-17(22)14-8-15(10-1-3-11(19)4-2-10)21-16-7-12(20)5-6-13(14)16/h1-8,17,22H,9H2/t17-/m0/s1. The summed E-state index contributed by atoms with van der Waals surface area (Å²) in [5, 5.41) is 12.0. The summed E-state index contributed by atoms with van der Waals surface area (Å²) in [6, 6.07) is 13.5. The molecule has 3 rings (SSSR count). The minimum absolute atomic E-state index is 0.354. The Hall–Kier alpha value is -1.49. The van der Waals surface area contributed by atoms with E-state index < -0.39 is 6.10 Å². The highest BCUT2D eigenvalue weighted by Crippen LogP contribution is 2.30. The van der Waals surface area contributed by atoms with E-state index in [0.29, 0.717) is 27.1 Å². The predicted molar refractivity (Wildman–Crippen MR) is 90.9 cm³/mol. The van der Waals surface area contributed by atoms with Crippen molar-refractivity contribution in [2.45, 2.75) is 6.10 Å². The van der Waals surface area contributed by atoms with E-state index in [9.17, 15) is 9.50 Å². The van der Waals surface area contributed by atoms with Crippen LogP contribution in [0, 0.1) is 5.82 Å². The Morgan fingerprint density at radius 3 is 2.55 bits per heavy atom. The fraction of sp³-hybridized carbons (Fsp3) is 0.118. The van der Waals surface area contributed by atoms with Crippen molar-refractivity contribution >= 4 is 38.4 Å². The van der Waals surface area contributed by atoms with Crippen molar-refractivity contribution in [3.63, 3.8) is 0 Å². The summed E-state index contributed by atoms with van der Waals surface area (Å²) in [5.74, 6) is -0.354. The van der Waals surface area contributed by atoms with Crippen LogP contribution in [-0.2, 0) is 0 Å². The van der Waals surface area contributed by atoms with Gasteiger partial charge in [-0.15, -0.1) is 0 Å². The molecule has 2 nitrogen and oxygen atoms in total. The second-order valence-electron chi connectivity index (χ2n) is 4.94. The van der Waals surface area contributed by atoms with Crippen LogP contribution in [-0.4, -0.2) is 15.4 Å². The number of fused-ring (bicyclic) bond motifs is 1. The quantitative estimate of drug-likeness (QED) is 0.640. The van der Waals surface area contributed by atoms with Gasteiger partial charge in [-0.25, -0.2) is 9.37 Å².